The molecule has 0 saturated carbocycles. The van der Waals surface area contributed by atoms with Crippen molar-refractivity contribution in [2.75, 3.05) is 0 Å². The summed E-state index contributed by atoms with van der Waals surface area (Å²) in [7, 11) is 0. The van der Waals surface area contributed by atoms with Gasteiger partial charge in [-0.25, -0.2) is 0 Å². The topological polar surface area (TPSA) is 143 Å². The van der Waals surface area contributed by atoms with Crippen LogP contribution in [0.5, 0.6) is 0 Å². The van der Waals surface area contributed by atoms with Gasteiger partial charge in [-0.3, -0.25) is 19.2 Å². The Bertz CT molecular complexity index is 521. The van der Waals surface area contributed by atoms with E-state index < -0.39 is 70.5 Å². The average Bonchev–Trinajstić information content (AvgIpc) is 2.38. The number of hydrogen-bond acceptors (Lipinski definition) is 6. The van der Waals surface area contributed by atoms with Crippen molar-refractivity contribution in [1.29, 1.82) is 0 Å². The largest absolute Gasteiger partial charge is 0.481 e. The highest BCUT2D eigenvalue weighted by Gasteiger charge is 2.48. The van der Waals surface area contributed by atoms with Crippen LogP contribution in [0, 0.1) is 23.7 Å². The molecule has 0 bridgehead atoms. The van der Waals surface area contributed by atoms with Crippen LogP contribution in [0.2, 0.25) is 0 Å². The fourth-order valence-electron chi connectivity index (χ4n) is 2.45. The summed E-state index contributed by atoms with van der Waals surface area (Å²) in [6.45, 7) is 2.13. The summed E-state index contributed by atoms with van der Waals surface area (Å²) >= 11 is 10.8. The van der Waals surface area contributed by atoms with Gasteiger partial charge >= 0.3 is 11.9 Å². The Morgan fingerprint density at radius 2 is 0.958 bits per heavy atom. The summed E-state index contributed by atoms with van der Waals surface area (Å²) in [4.78, 5) is 68.8. The number of carboxylic acids is 2. The predicted octanol–water partition coefficient (Wildman–Crippen LogP) is 1.11. The van der Waals surface area contributed by atoms with E-state index in [1.807, 2.05) is 0 Å². The van der Waals surface area contributed by atoms with Gasteiger partial charge in [0, 0.05) is 12.8 Å². The van der Waals surface area contributed by atoms with Crippen molar-refractivity contribution in [2.24, 2.45) is 23.7 Å². The van der Waals surface area contributed by atoms with Crippen molar-refractivity contribution in [3.05, 3.63) is 0 Å². The molecule has 24 heavy (non-hydrogen) atoms. The third-order valence-electron chi connectivity index (χ3n) is 3.43. The van der Waals surface area contributed by atoms with Crippen LogP contribution in [0.1, 0.15) is 26.7 Å². The average molecular weight is 383 g/mol. The van der Waals surface area contributed by atoms with Crippen LogP contribution >= 0.6 is 23.2 Å². The van der Waals surface area contributed by atoms with Gasteiger partial charge in [-0.15, -0.1) is 0 Å². The summed E-state index contributed by atoms with van der Waals surface area (Å²) in [6.07, 6.45) is -1.29. The van der Waals surface area contributed by atoms with Gasteiger partial charge in [-0.05, 0) is 37.0 Å². The molecule has 2 N–H and O–H groups in total. The first-order chi connectivity index (χ1) is 10.9. The molecular weight excluding hydrogens is 367 g/mol. The molecule has 0 saturated heterocycles. The van der Waals surface area contributed by atoms with Crippen LogP contribution in [-0.2, 0) is 28.8 Å². The fraction of sp³-hybridized carbons (Fsp3) is 0.571. The summed E-state index contributed by atoms with van der Waals surface area (Å²) < 4.78 is 0. The maximum atomic E-state index is 11.7. The van der Waals surface area contributed by atoms with E-state index in [4.69, 9.17) is 23.2 Å². The minimum atomic E-state index is -1.86. The van der Waals surface area contributed by atoms with Crippen molar-refractivity contribution < 1.29 is 39.0 Å². The molecular formula is C14H16Cl2O8. The van der Waals surface area contributed by atoms with E-state index in [1.165, 1.54) is 0 Å². The number of carbonyl (C=O) groups excluding carboxylic acids is 4. The van der Waals surface area contributed by atoms with Crippen molar-refractivity contribution in [3.63, 3.8) is 0 Å². The molecule has 0 aromatic carbocycles. The Kier molecular flexibility index (Phi) is 8.77. The molecule has 10 heteroatoms. The molecule has 0 amide bonds. The molecule has 0 aliphatic rings. The second-order valence-corrected chi connectivity index (χ2v) is 6.11. The standard InChI is InChI=1S/C14H16Cl2O8/c1-5(17)3-7(13(21)22)9(11(15)19)10(12(16)20)8(14(23)24)4-6(2)18/h7-10H,3-4H2,1-2H3,(H,21,22)(H,23,24). The van der Waals surface area contributed by atoms with Crippen molar-refractivity contribution in [2.45, 2.75) is 26.7 Å². The zero-order valence-electron chi connectivity index (χ0n) is 12.8. The molecule has 0 aromatic heterocycles. The van der Waals surface area contributed by atoms with Crippen LogP contribution in [-0.4, -0.2) is 44.2 Å². The number of hydrogen-bond donors (Lipinski definition) is 2. The highest BCUT2D eigenvalue weighted by Crippen LogP contribution is 2.35. The number of ketones is 2. The van der Waals surface area contributed by atoms with Crippen LogP contribution < -0.4 is 0 Å². The number of carbonyl (C=O) groups is 6. The van der Waals surface area contributed by atoms with E-state index in [2.05, 4.69) is 0 Å². The molecule has 0 aliphatic carbocycles. The first-order valence-corrected chi connectivity index (χ1v) is 7.48. The third kappa shape index (κ3) is 6.37. The second-order valence-electron chi connectivity index (χ2n) is 5.36. The molecule has 134 valence electrons. The number of carboxylic acid groups (broad SMARTS) is 2. The van der Waals surface area contributed by atoms with Gasteiger partial charge in [-0.1, -0.05) is 0 Å². The van der Waals surface area contributed by atoms with Gasteiger partial charge < -0.3 is 19.8 Å². The summed E-state index contributed by atoms with van der Waals surface area (Å²) in [5.41, 5.74) is 0. The lowest BCUT2D eigenvalue weighted by molar-refractivity contribution is -0.155. The Morgan fingerprint density at radius 1 is 0.708 bits per heavy atom. The van der Waals surface area contributed by atoms with Gasteiger partial charge in [0.2, 0.25) is 10.5 Å². The highest BCUT2D eigenvalue weighted by atomic mass is 35.5. The van der Waals surface area contributed by atoms with Crippen molar-refractivity contribution in [3.8, 4) is 0 Å². The van der Waals surface area contributed by atoms with E-state index in [1.54, 1.807) is 0 Å². The summed E-state index contributed by atoms with van der Waals surface area (Å²) in [5, 5.41) is 15.8. The first kappa shape index (κ1) is 22.2. The Morgan fingerprint density at radius 3 is 1.08 bits per heavy atom. The maximum absolute atomic E-state index is 11.7. The predicted molar refractivity (Wildman–Crippen MR) is 81.5 cm³/mol. The van der Waals surface area contributed by atoms with Crippen LogP contribution in [0.15, 0.2) is 0 Å². The summed E-state index contributed by atoms with van der Waals surface area (Å²) in [5.74, 6) is -11.6. The van der Waals surface area contributed by atoms with Crippen LogP contribution in [0.25, 0.3) is 0 Å². The number of Topliss-reactive ketones (excluding diaryl/α,β-unsaturated/α-hetero) is 2. The quantitative estimate of drug-likeness (QED) is 0.505. The van der Waals surface area contributed by atoms with Gasteiger partial charge in [0.1, 0.15) is 11.6 Å². The number of rotatable bonds is 11. The lowest BCUT2D eigenvalue weighted by Crippen LogP contribution is -2.43. The summed E-state index contributed by atoms with van der Waals surface area (Å²) in [6, 6.07) is 0. The molecule has 4 atom stereocenters. The van der Waals surface area contributed by atoms with Gasteiger partial charge in [0.05, 0.1) is 23.7 Å². The van der Waals surface area contributed by atoms with E-state index in [9.17, 15) is 39.0 Å². The molecule has 0 heterocycles. The minimum Gasteiger partial charge on any atom is -0.481 e. The Labute approximate surface area is 147 Å². The normalized spacial score (nSPS) is 15.7. The van der Waals surface area contributed by atoms with E-state index in [-0.39, 0.29) is 0 Å². The SMILES string of the molecule is CC(=O)CC(C(=O)O)C(C(=O)Cl)C(C(=O)Cl)C(CC(C)=O)C(=O)O. The zero-order valence-corrected chi connectivity index (χ0v) is 14.3. The zero-order chi connectivity index (χ0) is 19.2. The van der Waals surface area contributed by atoms with Crippen LogP contribution in [0.3, 0.4) is 0 Å². The third-order valence-corrected chi connectivity index (χ3v) is 3.93. The maximum Gasteiger partial charge on any atom is 0.307 e. The van der Waals surface area contributed by atoms with Crippen LogP contribution in [0.4, 0.5) is 0 Å². The van der Waals surface area contributed by atoms with Gasteiger partial charge in [-0.2, -0.15) is 0 Å². The minimum absolute atomic E-state index is 0.607. The molecule has 4 unspecified atom stereocenters. The molecule has 0 spiro atoms. The van der Waals surface area contributed by atoms with Crippen molar-refractivity contribution in [1.82, 2.24) is 0 Å². The first-order valence-electron chi connectivity index (χ1n) is 6.73. The molecule has 0 radical (unpaired) electrons. The molecule has 0 aliphatic heterocycles. The lowest BCUT2D eigenvalue weighted by Gasteiger charge is -2.29. The molecule has 8 nitrogen and oxygen atoms in total. The van der Waals surface area contributed by atoms with E-state index in [0.717, 1.165) is 13.8 Å². The number of aliphatic carboxylic acids is 2. The van der Waals surface area contributed by atoms with E-state index in [0.29, 0.717) is 0 Å². The fourth-order valence-corrected chi connectivity index (χ4v) is 3.03. The number of halogens is 2. The van der Waals surface area contributed by atoms with Gasteiger partial charge in [0.15, 0.2) is 0 Å². The Hall–Kier alpha value is -1.80. The smallest absolute Gasteiger partial charge is 0.307 e. The monoisotopic (exact) mass is 382 g/mol. The van der Waals surface area contributed by atoms with Crippen molar-refractivity contribution >= 4 is 57.2 Å². The second kappa shape index (κ2) is 9.48. The lowest BCUT2D eigenvalue weighted by atomic mass is 9.73. The highest BCUT2D eigenvalue weighted by molar-refractivity contribution is 6.67. The molecule has 0 aromatic rings. The molecule has 0 rings (SSSR count). The van der Waals surface area contributed by atoms with Gasteiger partial charge in [0.25, 0.3) is 0 Å². The molecule has 0 fully saturated rings. The van der Waals surface area contributed by atoms with E-state index >= 15 is 0 Å². The Balaban J connectivity index is 6.14.